The van der Waals surface area contributed by atoms with Gasteiger partial charge in [-0.3, -0.25) is 0 Å². The lowest BCUT2D eigenvalue weighted by Gasteiger charge is -2.14. The summed E-state index contributed by atoms with van der Waals surface area (Å²) in [7, 11) is 0. The van der Waals surface area contributed by atoms with Gasteiger partial charge in [0.2, 0.25) is 0 Å². The third-order valence-corrected chi connectivity index (χ3v) is 9.49. The van der Waals surface area contributed by atoms with Crippen molar-refractivity contribution in [3.8, 4) is 45.3 Å². The molecular weight excluding hydrogens is 599 g/mol. The van der Waals surface area contributed by atoms with Crippen molar-refractivity contribution < 1.29 is 4.42 Å². The molecule has 0 amide bonds. The van der Waals surface area contributed by atoms with Crippen molar-refractivity contribution >= 4 is 54.3 Å². The molecule has 49 heavy (non-hydrogen) atoms. The fourth-order valence-electron chi connectivity index (χ4n) is 7.03. The highest BCUT2D eigenvalue weighted by Gasteiger charge is 2.20. The van der Waals surface area contributed by atoms with E-state index in [0.29, 0.717) is 17.5 Å². The second-order valence-electron chi connectivity index (χ2n) is 12.4. The summed E-state index contributed by atoms with van der Waals surface area (Å²) >= 11 is 0. The smallest absolute Gasteiger partial charge is 0.164 e. The largest absolute Gasteiger partial charge is 0.456 e. The molecule has 0 N–H and O–H groups in total. The van der Waals surface area contributed by atoms with Crippen LogP contribution in [0.15, 0.2) is 168 Å². The molecule has 0 aliphatic heterocycles. The van der Waals surface area contributed by atoms with Gasteiger partial charge < -0.3 is 4.42 Å². The van der Waals surface area contributed by atoms with Crippen LogP contribution in [0.1, 0.15) is 0 Å². The second kappa shape index (κ2) is 11.0. The van der Waals surface area contributed by atoms with Gasteiger partial charge in [-0.1, -0.05) is 133 Å². The number of fused-ring (bicyclic) bond motifs is 7. The topological polar surface area (TPSA) is 51.8 Å². The molecule has 8 aromatic carbocycles. The van der Waals surface area contributed by atoms with Crippen molar-refractivity contribution in [1.29, 1.82) is 0 Å². The molecule has 2 aromatic heterocycles. The Balaban J connectivity index is 1.27. The molecule has 0 fully saturated rings. The molecule has 0 atom stereocenters. The first-order valence-electron chi connectivity index (χ1n) is 16.4. The Hall–Kier alpha value is -6.65. The molecule has 10 aromatic rings. The van der Waals surface area contributed by atoms with E-state index >= 15 is 0 Å². The quantitative estimate of drug-likeness (QED) is 0.183. The van der Waals surface area contributed by atoms with E-state index in [-0.39, 0.29) is 0 Å². The lowest BCUT2D eigenvalue weighted by atomic mass is 9.93. The van der Waals surface area contributed by atoms with E-state index in [1.807, 2.05) is 48.5 Å². The van der Waals surface area contributed by atoms with Crippen molar-refractivity contribution in [3.63, 3.8) is 0 Å². The van der Waals surface area contributed by atoms with Crippen LogP contribution in [0, 0.1) is 0 Å². The molecule has 228 valence electrons. The minimum absolute atomic E-state index is 0.609. The van der Waals surface area contributed by atoms with Gasteiger partial charge in [-0.2, -0.15) is 0 Å². The number of furan rings is 1. The standard InChI is InChI=1S/C45H27N3O/c1-2-12-31(13-3-1)43-46-44(34-23-18-28-10-4-5-14-32(28)24-34)48-45(47-43)40-26-39-36-16-8-9-17-41(36)49-42(39)27-38(40)33-22-21-30-20-19-29-11-6-7-15-35(29)37(30)25-33/h1-27H. The Labute approximate surface area is 282 Å². The van der Waals surface area contributed by atoms with Crippen molar-refractivity contribution in [2.75, 3.05) is 0 Å². The predicted molar refractivity (Wildman–Crippen MR) is 201 cm³/mol. The zero-order valence-electron chi connectivity index (χ0n) is 26.3. The molecule has 0 aliphatic carbocycles. The highest BCUT2D eigenvalue weighted by atomic mass is 16.3. The molecule has 0 spiro atoms. The maximum atomic E-state index is 6.44. The number of hydrogen-bond donors (Lipinski definition) is 0. The number of hydrogen-bond acceptors (Lipinski definition) is 4. The fourth-order valence-corrected chi connectivity index (χ4v) is 7.03. The third-order valence-electron chi connectivity index (χ3n) is 9.49. The first-order valence-corrected chi connectivity index (χ1v) is 16.4. The van der Waals surface area contributed by atoms with Crippen LogP contribution >= 0.6 is 0 Å². The Morgan fingerprint density at radius 1 is 0.306 bits per heavy atom. The van der Waals surface area contributed by atoms with Crippen LogP contribution in [0.25, 0.3) is 99.5 Å². The normalized spacial score (nSPS) is 11.7. The maximum absolute atomic E-state index is 6.44. The Morgan fingerprint density at radius 3 is 1.78 bits per heavy atom. The summed E-state index contributed by atoms with van der Waals surface area (Å²) in [6.07, 6.45) is 0. The monoisotopic (exact) mass is 625 g/mol. The van der Waals surface area contributed by atoms with Gasteiger partial charge in [0.25, 0.3) is 0 Å². The third kappa shape index (κ3) is 4.65. The van der Waals surface area contributed by atoms with Gasteiger partial charge in [-0.05, 0) is 73.8 Å². The van der Waals surface area contributed by atoms with E-state index in [1.54, 1.807) is 0 Å². The number of nitrogens with zero attached hydrogens (tertiary/aromatic N) is 3. The minimum Gasteiger partial charge on any atom is -0.456 e. The zero-order chi connectivity index (χ0) is 32.3. The van der Waals surface area contributed by atoms with Gasteiger partial charge in [0.15, 0.2) is 17.5 Å². The van der Waals surface area contributed by atoms with Crippen LogP contribution in [0.4, 0.5) is 0 Å². The molecule has 0 saturated carbocycles. The summed E-state index contributed by atoms with van der Waals surface area (Å²) < 4.78 is 6.44. The average molecular weight is 626 g/mol. The van der Waals surface area contributed by atoms with E-state index in [9.17, 15) is 0 Å². The Bertz CT molecular complexity index is 2890. The second-order valence-corrected chi connectivity index (χ2v) is 12.4. The Morgan fingerprint density at radius 2 is 0.918 bits per heavy atom. The summed E-state index contributed by atoms with van der Waals surface area (Å²) in [5.41, 5.74) is 6.52. The van der Waals surface area contributed by atoms with Crippen LogP contribution in [0.5, 0.6) is 0 Å². The van der Waals surface area contributed by atoms with Gasteiger partial charge in [-0.25, -0.2) is 15.0 Å². The van der Waals surface area contributed by atoms with Crippen molar-refractivity contribution in [2.24, 2.45) is 0 Å². The molecule has 4 heteroatoms. The highest BCUT2D eigenvalue weighted by Crippen LogP contribution is 2.41. The number of aromatic nitrogens is 3. The average Bonchev–Trinajstić information content (AvgIpc) is 3.55. The molecule has 0 radical (unpaired) electrons. The zero-order valence-corrected chi connectivity index (χ0v) is 26.3. The fraction of sp³-hybridized carbons (Fsp3) is 0. The molecule has 0 bridgehead atoms. The maximum Gasteiger partial charge on any atom is 0.164 e. The molecule has 10 rings (SSSR count). The molecule has 4 nitrogen and oxygen atoms in total. The number of benzene rings is 8. The van der Waals surface area contributed by atoms with Crippen LogP contribution in [-0.4, -0.2) is 15.0 Å². The van der Waals surface area contributed by atoms with Crippen LogP contribution in [0.3, 0.4) is 0 Å². The highest BCUT2D eigenvalue weighted by molar-refractivity contribution is 6.11. The SMILES string of the molecule is c1ccc(-c2nc(-c3ccc4ccccc4c3)nc(-c3cc4c(cc3-c3ccc5ccc6ccccc6c5c3)oc3ccccc34)n2)cc1. The summed E-state index contributed by atoms with van der Waals surface area (Å²) in [6, 6.07) is 57.0. The van der Waals surface area contributed by atoms with Crippen LogP contribution in [-0.2, 0) is 0 Å². The van der Waals surface area contributed by atoms with E-state index in [4.69, 9.17) is 19.4 Å². The lowest BCUT2D eigenvalue weighted by Crippen LogP contribution is -2.01. The van der Waals surface area contributed by atoms with Crippen molar-refractivity contribution in [2.45, 2.75) is 0 Å². The number of para-hydroxylation sites is 1. The summed E-state index contributed by atoms with van der Waals surface area (Å²) in [4.78, 5) is 15.4. The minimum atomic E-state index is 0.609. The van der Waals surface area contributed by atoms with Gasteiger partial charge in [0.05, 0.1) is 0 Å². The van der Waals surface area contributed by atoms with E-state index in [0.717, 1.165) is 55.1 Å². The van der Waals surface area contributed by atoms with Gasteiger partial charge in [-0.15, -0.1) is 0 Å². The van der Waals surface area contributed by atoms with Gasteiger partial charge >= 0.3 is 0 Å². The van der Waals surface area contributed by atoms with E-state index in [1.165, 1.54) is 26.9 Å². The first-order chi connectivity index (χ1) is 24.2. The summed E-state index contributed by atoms with van der Waals surface area (Å²) in [5, 5.41) is 9.22. The van der Waals surface area contributed by atoms with Crippen molar-refractivity contribution in [3.05, 3.63) is 164 Å². The van der Waals surface area contributed by atoms with Gasteiger partial charge in [0, 0.05) is 27.5 Å². The number of rotatable bonds is 4. The van der Waals surface area contributed by atoms with Crippen molar-refractivity contribution in [1.82, 2.24) is 15.0 Å². The predicted octanol–water partition coefficient (Wildman–Crippen LogP) is 11.9. The van der Waals surface area contributed by atoms with E-state index < -0.39 is 0 Å². The van der Waals surface area contributed by atoms with Crippen LogP contribution in [0.2, 0.25) is 0 Å². The Kier molecular flexibility index (Phi) is 6.15. The van der Waals surface area contributed by atoms with E-state index in [2.05, 4.69) is 115 Å². The summed E-state index contributed by atoms with van der Waals surface area (Å²) in [6.45, 7) is 0. The molecule has 2 heterocycles. The molecular formula is C45H27N3O. The molecule has 0 unspecified atom stereocenters. The molecule has 0 aliphatic rings. The molecule has 0 saturated heterocycles. The lowest BCUT2D eigenvalue weighted by molar-refractivity contribution is 0.669. The van der Waals surface area contributed by atoms with Crippen LogP contribution < -0.4 is 0 Å². The first kappa shape index (κ1) is 27.5. The summed E-state index contributed by atoms with van der Waals surface area (Å²) in [5.74, 6) is 1.86. The van der Waals surface area contributed by atoms with Gasteiger partial charge in [0.1, 0.15) is 11.2 Å².